The zero-order valence-electron chi connectivity index (χ0n) is 11.9. The number of hydrogen-bond donors (Lipinski definition) is 1. The molecule has 1 saturated carbocycles. The Bertz CT molecular complexity index is 529. The van der Waals surface area contributed by atoms with Crippen LogP contribution in [0.5, 0.6) is 0 Å². The minimum Gasteiger partial charge on any atom is -0.208 e. The van der Waals surface area contributed by atoms with Gasteiger partial charge in [-0.25, -0.2) is 13.1 Å². The Hall–Kier alpha value is -0.870. The third kappa shape index (κ3) is 3.57. The van der Waals surface area contributed by atoms with Crippen molar-refractivity contribution in [3.05, 3.63) is 29.8 Å². The Morgan fingerprint density at radius 1 is 1.05 bits per heavy atom. The Balaban J connectivity index is 2.16. The van der Waals surface area contributed by atoms with Gasteiger partial charge in [-0.2, -0.15) is 0 Å². The summed E-state index contributed by atoms with van der Waals surface area (Å²) >= 11 is 0. The largest absolute Gasteiger partial charge is 0.241 e. The second kappa shape index (κ2) is 5.63. The SMILES string of the molecule is Cc1ccccc1S(=O)(=O)NC1CC(C)CC(C)C1. The zero-order chi connectivity index (χ0) is 14.0. The molecule has 0 saturated heterocycles. The number of nitrogens with one attached hydrogen (secondary N) is 1. The number of rotatable bonds is 3. The topological polar surface area (TPSA) is 46.2 Å². The minimum atomic E-state index is -3.39. The molecule has 106 valence electrons. The van der Waals surface area contributed by atoms with Crippen molar-refractivity contribution in [3.63, 3.8) is 0 Å². The van der Waals surface area contributed by atoms with Crippen molar-refractivity contribution in [2.75, 3.05) is 0 Å². The predicted molar refractivity (Wildman–Crippen MR) is 77.5 cm³/mol. The van der Waals surface area contributed by atoms with Gasteiger partial charge in [-0.3, -0.25) is 0 Å². The molecule has 0 bridgehead atoms. The van der Waals surface area contributed by atoms with E-state index in [-0.39, 0.29) is 6.04 Å². The number of benzene rings is 1. The molecule has 1 N–H and O–H groups in total. The van der Waals surface area contributed by atoms with Gasteiger partial charge in [-0.15, -0.1) is 0 Å². The van der Waals surface area contributed by atoms with Crippen molar-refractivity contribution < 1.29 is 8.42 Å². The van der Waals surface area contributed by atoms with Gasteiger partial charge in [0, 0.05) is 6.04 Å². The third-order valence-electron chi connectivity index (χ3n) is 3.88. The van der Waals surface area contributed by atoms with Gasteiger partial charge in [0.05, 0.1) is 4.90 Å². The van der Waals surface area contributed by atoms with Crippen LogP contribution in [0.1, 0.15) is 38.7 Å². The molecule has 1 aliphatic carbocycles. The van der Waals surface area contributed by atoms with E-state index in [4.69, 9.17) is 0 Å². The molecule has 4 heteroatoms. The van der Waals surface area contributed by atoms with Crippen molar-refractivity contribution in [1.82, 2.24) is 4.72 Å². The molecule has 0 amide bonds. The Morgan fingerprint density at radius 2 is 1.63 bits per heavy atom. The van der Waals surface area contributed by atoms with Crippen molar-refractivity contribution in [1.29, 1.82) is 0 Å². The van der Waals surface area contributed by atoms with E-state index in [2.05, 4.69) is 18.6 Å². The first-order valence-electron chi connectivity index (χ1n) is 6.96. The average Bonchev–Trinajstić information content (AvgIpc) is 2.26. The maximum Gasteiger partial charge on any atom is 0.241 e. The lowest BCUT2D eigenvalue weighted by Gasteiger charge is -2.31. The number of hydrogen-bond acceptors (Lipinski definition) is 2. The highest BCUT2D eigenvalue weighted by atomic mass is 32.2. The van der Waals surface area contributed by atoms with Crippen LogP contribution in [0.25, 0.3) is 0 Å². The molecule has 0 spiro atoms. The maximum atomic E-state index is 12.4. The fourth-order valence-corrected chi connectivity index (χ4v) is 4.69. The van der Waals surface area contributed by atoms with Crippen LogP contribution in [0.3, 0.4) is 0 Å². The summed E-state index contributed by atoms with van der Waals surface area (Å²) < 4.78 is 27.7. The summed E-state index contributed by atoms with van der Waals surface area (Å²) in [6.07, 6.45) is 3.08. The lowest BCUT2D eigenvalue weighted by Crippen LogP contribution is -2.40. The quantitative estimate of drug-likeness (QED) is 0.925. The van der Waals surface area contributed by atoms with E-state index in [0.717, 1.165) is 18.4 Å². The molecule has 0 radical (unpaired) electrons. The van der Waals surface area contributed by atoms with E-state index >= 15 is 0 Å². The Labute approximate surface area is 116 Å². The Morgan fingerprint density at radius 3 is 2.21 bits per heavy atom. The molecule has 0 heterocycles. The van der Waals surface area contributed by atoms with Gasteiger partial charge < -0.3 is 0 Å². The van der Waals surface area contributed by atoms with Gasteiger partial charge in [0.1, 0.15) is 0 Å². The molecule has 1 aliphatic rings. The van der Waals surface area contributed by atoms with Gasteiger partial charge in [-0.1, -0.05) is 32.0 Å². The van der Waals surface area contributed by atoms with Crippen LogP contribution in [0.2, 0.25) is 0 Å². The molecule has 19 heavy (non-hydrogen) atoms. The molecule has 2 atom stereocenters. The first-order valence-corrected chi connectivity index (χ1v) is 8.44. The normalized spacial score (nSPS) is 28.3. The molecule has 0 aromatic heterocycles. The summed E-state index contributed by atoms with van der Waals surface area (Å²) in [5.74, 6) is 1.18. The standard InChI is InChI=1S/C15H23NO2S/c1-11-8-12(2)10-14(9-11)16-19(17,18)15-7-5-4-6-13(15)3/h4-7,11-12,14,16H,8-10H2,1-3H3. The van der Waals surface area contributed by atoms with Crippen LogP contribution in [-0.2, 0) is 10.0 Å². The zero-order valence-corrected chi connectivity index (χ0v) is 12.7. The second-order valence-electron chi connectivity index (χ2n) is 6.00. The van der Waals surface area contributed by atoms with Gasteiger partial charge >= 0.3 is 0 Å². The summed E-state index contributed by atoms with van der Waals surface area (Å²) in [7, 11) is -3.39. The van der Waals surface area contributed by atoms with E-state index in [0.29, 0.717) is 16.7 Å². The second-order valence-corrected chi connectivity index (χ2v) is 7.68. The maximum absolute atomic E-state index is 12.4. The number of aryl methyl sites for hydroxylation is 1. The van der Waals surface area contributed by atoms with Crippen molar-refractivity contribution in [3.8, 4) is 0 Å². The highest BCUT2D eigenvalue weighted by Gasteiger charge is 2.28. The van der Waals surface area contributed by atoms with E-state index in [1.54, 1.807) is 12.1 Å². The van der Waals surface area contributed by atoms with Gasteiger partial charge in [0.15, 0.2) is 0 Å². The molecule has 3 nitrogen and oxygen atoms in total. The molecule has 2 unspecified atom stereocenters. The third-order valence-corrected chi connectivity index (χ3v) is 5.56. The van der Waals surface area contributed by atoms with E-state index in [1.807, 2.05) is 19.1 Å². The smallest absolute Gasteiger partial charge is 0.208 e. The van der Waals surface area contributed by atoms with Gasteiger partial charge in [0.25, 0.3) is 0 Å². The van der Waals surface area contributed by atoms with E-state index in [1.165, 1.54) is 6.42 Å². The number of sulfonamides is 1. The minimum absolute atomic E-state index is 0.0726. The summed E-state index contributed by atoms with van der Waals surface area (Å²) in [5, 5.41) is 0. The van der Waals surface area contributed by atoms with Crippen LogP contribution in [-0.4, -0.2) is 14.5 Å². The van der Waals surface area contributed by atoms with Crippen LogP contribution >= 0.6 is 0 Å². The molecule has 0 aliphatic heterocycles. The highest BCUT2D eigenvalue weighted by Crippen LogP contribution is 2.29. The summed E-state index contributed by atoms with van der Waals surface area (Å²) in [5.41, 5.74) is 0.798. The molecular formula is C15H23NO2S. The van der Waals surface area contributed by atoms with Crippen LogP contribution in [0.15, 0.2) is 29.2 Å². The summed E-state index contributed by atoms with van der Waals surface area (Å²) in [4.78, 5) is 0.404. The molecule has 2 rings (SSSR count). The lowest BCUT2D eigenvalue weighted by atomic mass is 9.81. The molecule has 1 fully saturated rings. The molecule has 1 aromatic rings. The van der Waals surface area contributed by atoms with E-state index < -0.39 is 10.0 Å². The van der Waals surface area contributed by atoms with Gasteiger partial charge in [0.2, 0.25) is 10.0 Å². The lowest BCUT2D eigenvalue weighted by molar-refractivity contribution is 0.257. The highest BCUT2D eigenvalue weighted by molar-refractivity contribution is 7.89. The molecular weight excluding hydrogens is 258 g/mol. The van der Waals surface area contributed by atoms with Crippen molar-refractivity contribution >= 4 is 10.0 Å². The van der Waals surface area contributed by atoms with Crippen LogP contribution in [0, 0.1) is 18.8 Å². The predicted octanol–water partition coefficient (Wildman–Crippen LogP) is 3.10. The Kier molecular flexibility index (Phi) is 4.31. The van der Waals surface area contributed by atoms with Crippen LogP contribution < -0.4 is 4.72 Å². The monoisotopic (exact) mass is 281 g/mol. The first-order chi connectivity index (χ1) is 8.88. The average molecular weight is 281 g/mol. The van der Waals surface area contributed by atoms with E-state index in [9.17, 15) is 8.42 Å². The fourth-order valence-electron chi connectivity index (χ4n) is 3.18. The van der Waals surface area contributed by atoms with Gasteiger partial charge in [-0.05, 0) is 49.7 Å². The van der Waals surface area contributed by atoms with Crippen LogP contribution in [0.4, 0.5) is 0 Å². The first kappa shape index (κ1) is 14.5. The van der Waals surface area contributed by atoms with Crippen molar-refractivity contribution in [2.24, 2.45) is 11.8 Å². The van der Waals surface area contributed by atoms with Crippen molar-refractivity contribution in [2.45, 2.75) is 51.0 Å². The fraction of sp³-hybridized carbons (Fsp3) is 0.600. The molecule has 1 aromatic carbocycles. The summed E-state index contributed by atoms with van der Waals surface area (Å²) in [6.45, 7) is 6.23. The summed E-state index contributed by atoms with van der Waals surface area (Å²) in [6, 6.07) is 7.21.